The molecule has 6 heteroatoms. The quantitative estimate of drug-likeness (QED) is 0.646. The van der Waals surface area contributed by atoms with E-state index >= 15 is 0 Å². The molecule has 2 unspecified atom stereocenters. The lowest BCUT2D eigenvalue weighted by Crippen LogP contribution is -2.40. The average molecular weight is 357 g/mol. The van der Waals surface area contributed by atoms with Gasteiger partial charge in [-0.05, 0) is 49.4 Å². The molecule has 6 nitrogen and oxygen atoms in total. The maximum atomic E-state index is 12.3. The summed E-state index contributed by atoms with van der Waals surface area (Å²) in [5.41, 5.74) is 1.09. The van der Waals surface area contributed by atoms with E-state index in [1.807, 2.05) is 0 Å². The second-order valence-electron chi connectivity index (χ2n) is 7.74. The summed E-state index contributed by atoms with van der Waals surface area (Å²) < 4.78 is 0. The Morgan fingerprint density at radius 3 is 2.46 bits per heavy atom. The first kappa shape index (κ1) is 18.6. The molecule has 0 spiro atoms. The fourth-order valence-corrected chi connectivity index (χ4v) is 4.08. The summed E-state index contributed by atoms with van der Waals surface area (Å²) in [6, 6.07) is 4.68. The number of carbonyl (C=O) groups is 3. The number of amides is 3. The van der Waals surface area contributed by atoms with Crippen molar-refractivity contribution < 1.29 is 14.4 Å². The molecule has 1 N–H and O–H groups in total. The van der Waals surface area contributed by atoms with Gasteiger partial charge in [0.15, 0.2) is 0 Å². The molecule has 2 atom stereocenters. The van der Waals surface area contributed by atoms with Gasteiger partial charge in [0.2, 0.25) is 0 Å². The molecule has 0 aromatic heterocycles. The van der Waals surface area contributed by atoms with Crippen LogP contribution in [0.4, 0.5) is 0 Å². The number of nitrogens with zero attached hydrogens (tertiary/aromatic N) is 2. The van der Waals surface area contributed by atoms with E-state index in [4.69, 9.17) is 0 Å². The highest BCUT2D eigenvalue weighted by atomic mass is 16.2. The molecular formula is C20H27N3O3. The third-order valence-corrected chi connectivity index (χ3v) is 5.23. The average Bonchev–Trinajstić information content (AvgIpc) is 2.82. The zero-order chi connectivity index (χ0) is 18.8. The van der Waals surface area contributed by atoms with Gasteiger partial charge in [0.1, 0.15) is 0 Å². The fraction of sp³-hybridized carbons (Fsp3) is 0.550. The van der Waals surface area contributed by atoms with Gasteiger partial charge >= 0.3 is 0 Å². The van der Waals surface area contributed by atoms with Gasteiger partial charge in [-0.3, -0.25) is 19.3 Å². The first-order chi connectivity index (χ1) is 12.4. The first-order valence-electron chi connectivity index (χ1n) is 9.33. The second kappa shape index (κ2) is 7.58. The molecule has 1 aromatic rings. The van der Waals surface area contributed by atoms with Crippen molar-refractivity contribution in [3.63, 3.8) is 0 Å². The van der Waals surface area contributed by atoms with Gasteiger partial charge in [-0.2, -0.15) is 0 Å². The SMILES string of the molecule is CC1CC(C)CN(CCCNC(=O)c2ccc3c(c2)C(=O)N(C)C3=O)C1. The minimum Gasteiger partial charge on any atom is -0.352 e. The molecule has 1 fully saturated rings. The molecule has 140 valence electrons. The van der Waals surface area contributed by atoms with E-state index in [1.165, 1.54) is 19.5 Å². The van der Waals surface area contributed by atoms with Gasteiger partial charge in [0.05, 0.1) is 11.1 Å². The Hall–Kier alpha value is -2.21. The molecule has 0 saturated carbocycles. The number of piperidine rings is 1. The van der Waals surface area contributed by atoms with Crippen LogP contribution in [0.15, 0.2) is 18.2 Å². The molecule has 0 aliphatic carbocycles. The van der Waals surface area contributed by atoms with Gasteiger partial charge in [-0.25, -0.2) is 0 Å². The van der Waals surface area contributed by atoms with Crippen molar-refractivity contribution >= 4 is 17.7 Å². The molecule has 0 bridgehead atoms. The van der Waals surface area contributed by atoms with Crippen LogP contribution in [0.5, 0.6) is 0 Å². The number of hydrogen-bond donors (Lipinski definition) is 1. The van der Waals surface area contributed by atoms with Crippen molar-refractivity contribution in [1.29, 1.82) is 0 Å². The summed E-state index contributed by atoms with van der Waals surface area (Å²) in [6.07, 6.45) is 2.19. The van der Waals surface area contributed by atoms with Crippen molar-refractivity contribution in [2.45, 2.75) is 26.7 Å². The van der Waals surface area contributed by atoms with Crippen LogP contribution in [0.3, 0.4) is 0 Å². The largest absolute Gasteiger partial charge is 0.352 e. The topological polar surface area (TPSA) is 69.7 Å². The van der Waals surface area contributed by atoms with Crippen LogP contribution in [0.2, 0.25) is 0 Å². The number of benzene rings is 1. The molecule has 26 heavy (non-hydrogen) atoms. The number of nitrogens with one attached hydrogen (secondary N) is 1. The third-order valence-electron chi connectivity index (χ3n) is 5.23. The van der Waals surface area contributed by atoms with Crippen LogP contribution < -0.4 is 5.32 Å². The van der Waals surface area contributed by atoms with E-state index in [-0.39, 0.29) is 17.7 Å². The molecular weight excluding hydrogens is 330 g/mol. The van der Waals surface area contributed by atoms with Crippen molar-refractivity contribution in [3.8, 4) is 0 Å². The van der Waals surface area contributed by atoms with Crippen LogP contribution in [0.25, 0.3) is 0 Å². The second-order valence-corrected chi connectivity index (χ2v) is 7.74. The van der Waals surface area contributed by atoms with Crippen LogP contribution >= 0.6 is 0 Å². The summed E-state index contributed by atoms with van der Waals surface area (Å²) >= 11 is 0. The Morgan fingerprint density at radius 1 is 1.12 bits per heavy atom. The van der Waals surface area contributed by atoms with Gasteiger partial charge in [0.25, 0.3) is 17.7 Å². The molecule has 1 aromatic carbocycles. The standard InChI is InChI=1S/C20H27N3O3/c1-13-9-14(2)12-23(11-13)8-4-7-21-18(24)15-5-6-16-17(10-15)20(26)22(3)19(16)25/h5-6,10,13-14H,4,7-9,11-12H2,1-3H3,(H,21,24). The Bertz CT molecular complexity index is 721. The summed E-state index contributed by atoms with van der Waals surface area (Å²) in [5, 5.41) is 2.91. The lowest BCUT2D eigenvalue weighted by atomic mass is 9.92. The number of carbonyl (C=O) groups excluding carboxylic acids is 3. The highest BCUT2D eigenvalue weighted by Crippen LogP contribution is 2.23. The summed E-state index contributed by atoms with van der Waals surface area (Å²) in [7, 11) is 1.45. The minimum atomic E-state index is -0.354. The van der Waals surface area contributed by atoms with Gasteiger partial charge in [-0.15, -0.1) is 0 Å². The zero-order valence-corrected chi connectivity index (χ0v) is 15.7. The van der Waals surface area contributed by atoms with Gasteiger partial charge < -0.3 is 10.2 Å². The molecule has 2 aliphatic heterocycles. The van der Waals surface area contributed by atoms with Gasteiger partial charge in [0, 0.05) is 32.2 Å². The predicted molar refractivity (Wildman–Crippen MR) is 99.2 cm³/mol. The Balaban J connectivity index is 1.50. The summed E-state index contributed by atoms with van der Waals surface area (Å²) in [4.78, 5) is 39.8. The highest BCUT2D eigenvalue weighted by molar-refractivity contribution is 6.21. The maximum Gasteiger partial charge on any atom is 0.261 e. The smallest absolute Gasteiger partial charge is 0.261 e. The number of likely N-dealkylation sites (tertiary alicyclic amines) is 1. The summed E-state index contributed by atoms with van der Waals surface area (Å²) in [5.74, 6) is 0.592. The van der Waals surface area contributed by atoms with E-state index in [2.05, 4.69) is 24.1 Å². The molecule has 0 radical (unpaired) electrons. The van der Waals surface area contributed by atoms with E-state index < -0.39 is 0 Å². The Labute approximate surface area is 154 Å². The zero-order valence-electron chi connectivity index (χ0n) is 15.7. The maximum absolute atomic E-state index is 12.3. The van der Waals surface area contributed by atoms with Crippen molar-refractivity contribution in [2.75, 3.05) is 33.2 Å². The van der Waals surface area contributed by atoms with Crippen LogP contribution in [-0.4, -0.2) is 60.7 Å². The van der Waals surface area contributed by atoms with Crippen molar-refractivity contribution in [2.24, 2.45) is 11.8 Å². The van der Waals surface area contributed by atoms with E-state index in [1.54, 1.807) is 12.1 Å². The molecule has 3 amide bonds. The summed E-state index contributed by atoms with van der Waals surface area (Å²) in [6.45, 7) is 8.43. The van der Waals surface area contributed by atoms with E-state index in [0.717, 1.165) is 42.8 Å². The van der Waals surface area contributed by atoms with Crippen molar-refractivity contribution in [1.82, 2.24) is 15.1 Å². The van der Waals surface area contributed by atoms with Crippen LogP contribution in [0, 0.1) is 11.8 Å². The van der Waals surface area contributed by atoms with E-state index in [0.29, 0.717) is 23.2 Å². The predicted octanol–water partition coefficient (Wildman–Crippen LogP) is 2.01. The van der Waals surface area contributed by atoms with Crippen LogP contribution in [-0.2, 0) is 0 Å². The Kier molecular flexibility index (Phi) is 5.41. The number of rotatable bonds is 5. The number of fused-ring (bicyclic) bond motifs is 1. The lowest BCUT2D eigenvalue weighted by Gasteiger charge is -2.34. The first-order valence-corrected chi connectivity index (χ1v) is 9.33. The fourth-order valence-electron chi connectivity index (χ4n) is 4.08. The van der Waals surface area contributed by atoms with Gasteiger partial charge in [-0.1, -0.05) is 13.8 Å². The minimum absolute atomic E-state index is 0.206. The normalized spacial score (nSPS) is 23.3. The highest BCUT2D eigenvalue weighted by Gasteiger charge is 2.33. The molecule has 1 saturated heterocycles. The van der Waals surface area contributed by atoms with E-state index in [9.17, 15) is 14.4 Å². The lowest BCUT2D eigenvalue weighted by molar-refractivity contribution is 0.0693. The molecule has 2 aliphatic rings. The number of hydrogen-bond acceptors (Lipinski definition) is 4. The Morgan fingerprint density at radius 2 is 1.77 bits per heavy atom. The van der Waals surface area contributed by atoms with Crippen molar-refractivity contribution in [3.05, 3.63) is 34.9 Å². The molecule has 2 heterocycles. The third kappa shape index (κ3) is 3.80. The monoisotopic (exact) mass is 357 g/mol. The number of imide groups is 1. The molecule has 3 rings (SSSR count). The van der Waals surface area contributed by atoms with Crippen LogP contribution in [0.1, 0.15) is 57.8 Å².